The molecule has 7 nitrogen and oxygen atoms in total. The summed E-state index contributed by atoms with van der Waals surface area (Å²) in [5, 5.41) is 0. The lowest BCUT2D eigenvalue weighted by Gasteiger charge is -2.24. The van der Waals surface area contributed by atoms with Crippen molar-refractivity contribution in [2.24, 2.45) is 0 Å². The van der Waals surface area contributed by atoms with Crippen LogP contribution in [-0.4, -0.2) is 43.9 Å². The fourth-order valence-electron chi connectivity index (χ4n) is 2.67. The van der Waals surface area contributed by atoms with Gasteiger partial charge in [0.2, 0.25) is 11.7 Å². The summed E-state index contributed by atoms with van der Waals surface area (Å²) in [4.78, 5) is 37.3. The number of rotatable bonds is 9. The van der Waals surface area contributed by atoms with Crippen LogP contribution >= 0.6 is 0 Å². The largest absolute Gasteiger partial charge is 0.497 e. The molecule has 8 heteroatoms. The molecule has 29 heavy (non-hydrogen) atoms. The predicted octanol–water partition coefficient (Wildman–Crippen LogP) is 2.50. The van der Waals surface area contributed by atoms with Crippen molar-refractivity contribution in [3.8, 4) is 11.5 Å². The first-order valence-electron chi connectivity index (χ1n) is 8.72. The maximum absolute atomic E-state index is 13.2. The number of ketones is 1. The number of hydrogen-bond acceptors (Lipinski definition) is 6. The average molecular weight is 403 g/mol. The number of nitrogens with zero attached hydrogens (tertiary/aromatic N) is 1. The standard InChI is InChI=1S/C21H22FNO6/c1-27-17-9-6-15(19(10-17)28-2)13-23(12-14-4-7-16(22)8-5-14)20(25)11-18(24)21(26)29-3/h4-10H,11-13H2,1-3H3. The summed E-state index contributed by atoms with van der Waals surface area (Å²) in [6.45, 7) is 0.223. The molecule has 0 aliphatic heterocycles. The van der Waals surface area contributed by atoms with E-state index >= 15 is 0 Å². The van der Waals surface area contributed by atoms with Crippen LogP contribution in [0, 0.1) is 5.82 Å². The number of Topliss-reactive ketones (excluding diaryl/α,β-unsaturated/α-hetero) is 1. The third kappa shape index (κ3) is 6.03. The molecule has 0 unspecified atom stereocenters. The Hall–Kier alpha value is -3.42. The Morgan fingerprint density at radius 2 is 1.62 bits per heavy atom. The summed E-state index contributed by atoms with van der Waals surface area (Å²) < 4.78 is 28.1. The normalized spacial score (nSPS) is 10.2. The summed E-state index contributed by atoms with van der Waals surface area (Å²) in [7, 11) is 4.09. The van der Waals surface area contributed by atoms with Crippen molar-refractivity contribution in [2.75, 3.05) is 21.3 Å². The number of ether oxygens (including phenoxy) is 3. The monoisotopic (exact) mass is 403 g/mol. The highest BCUT2D eigenvalue weighted by molar-refractivity contribution is 6.36. The molecule has 0 aromatic heterocycles. The second kappa shape index (κ2) is 10.2. The van der Waals surface area contributed by atoms with Gasteiger partial charge in [-0.15, -0.1) is 0 Å². The maximum atomic E-state index is 13.2. The number of benzene rings is 2. The predicted molar refractivity (Wildman–Crippen MR) is 102 cm³/mol. The smallest absolute Gasteiger partial charge is 0.374 e. The topological polar surface area (TPSA) is 82.1 Å². The molecule has 2 aromatic carbocycles. The van der Waals surface area contributed by atoms with Gasteiger partial charge in [0.1, 0.15) is 17.3 Å². The van der Waals surface area contributed by atoms with Gasteiger partial charge < -0.3 is 19.1 Å². The number of hydrogen-bond donors (Lipinski definition) is 0. The van der Waals surface area contributed by atoms with Gasteiger partial charge in [0.25, 0.3) is 0 Å². The zero-order valence-corrected chi connectivity index (χ0v) is 16.4. The van der Waals surface area contributed by atoms with Gasteiger partial charge in [0.05, 0.1) is 27.8 Å². The lowest BCUT2D eigenvalue weighted by atomic mass is 10.1. The minimum Gasteiger partial charge on any atom is -0.497 e. The molecule has 0 fully saturated rings. The van der Waals surface area contributed by atoms with Gasteiger partial charge in [-0.1, -0.05) is 12.1 Å². The van der Waals surface area contributed by atoms with E-state index in [-0.39, 0.29) is 13.1 Å². The summed E-state index contributed by atoms with van der Waals surface area (Å²) in [6, 6.07) is 10.8. The molecule has 0 bridgehead atoms. The summed E-state index contributed by atoms with van der Waals surface area (Å²) in [5.41, 5.74) is 1.34. The molecule has 0 spiro atoms. The van der Waals surface area contributed by atoms with Crippen molar-refractivity contribution in [1.29, 1.82) is 0 Å². The summed E-state index contributed by atoms with van der Waals surface area (Å²) in [5.74, 6) is -1.90. The van der Waals surface area contributed by atoms with Crippen LogP contribution in [0.15, 0.2) is 42.5 Å². The first-order valence-corrected chi connectivity index (χ1v) is 8.72. The Bertz CT molecular complexity index is 881. The number of carbonyl (C=O) groups excluding carboxylic acids is 3. The molecule has 0 saturated heterocycles. The van der Waals surface area contributed by atoms with Gasteiger partial charge in [0.15, 0.2) is 0 Å². The van der Waals surface area contributed by atoms with Crippen LogP contribution in [0.5, 0.6) is 11.5 Å². The molecule has 0 radical (unpaired) electrons. The van der Waals surface area contributed by atoms with Crippen LogP contribution in [0.1, 0.15) is 17.5 Å². The van der Waals surface area contributed by atoms with Crippen LogP contribution in [0.4, 0.5) is 4.39 Å². The number of carbonyl (C=O) groups is 3. The highest BCUT2D eigenvalue weighted by Gasteiger charge is 2.24. The quantitative estimate of drug-likeness (QED) is 0.364. The number of esters is 1. The fourth-order valence-corrected chi connectivity index (χ4v) is 2.67. The Morgan fingerprint density at radius 1 is 0.931 bits per heavy atom. The van der Waals surface area contributed by atoms with Crippen molar-refractivity contribution >= 4 is 17.7 Å². The molecule has 154 valence electrons. The molecule has 0 atom stereocenters. The first-order chi connectivity index (χ1) is 13.9. The molecule has 0 aliphatic carbocycles. The van der Waals surface area contributed by atoms with Crippen molar-refractivity contribution in [2.45, 2.75) is 19.5 Å². The highest BCUT2D eigenvalue weighted by Crippen LogP contribution is 2.26. The SMILES string of the molecule is COC(=O)C(=O)CC(=O)N(Cc1ccc(F)cc1)Cc1ccc(OC)cc1OC. The van der Waals surface area contributed by atoms with Crippen molar-refractivity contribution < 1.29 is 33.0 Å². The molecule has 0 N–H and O–H groups in total. The third-order valence-electron chi connectivity index (χ3n) is 4.22. The highest BCUT2D eigenvalue weighted by atomic mass is 19.1. The lowest BCUT2D eigenvalue weighted by molar-refractivity contribution is -0.153. The van der Waals surface area contributed by atoms with Gasteiger partial charge in [0, 0.05) is 24.7 Å². The van der Waals surface area contributed by atoms with Crippen LogP contribution < -0.4 is 9.47 Å². The molecule has 2 rings (SSSR count). The molecule has 0 saturated carbocycles. The van der Waals surface area contributed by atoms with E-state index in [0.29, 0.717) is 22.6 Å². The minimum absolute atomic E-state index is 0.109. The average Bonchev–Trinajstić information content (AvgIpc) is 2.74. The van der Waals surface area contributed by atoms with E-state index in [0.717, 1.165) is 7.11 Å². The van der Waals surface area contributed by atoms with E-state index < -0.39 is 29.9 Å². The van der Waals surface area contributed by atoms with Crippen molar-refractivity contribution in [1.82, 2.24) is 4.90 Å². The first kappa shape index (κ1) is 21.9. The molecular weight excluding hydrogens is 381 g/mol. The number of methoxy groups -OCH3 is 3. The van der Waals surface area contributed by atoms with Crippen LogP contribution in [0.2, 0.25) is 0 Å². The van der Waals surface area contributed by atoms with E-state index in [2.05, 4.69) is 4.74 Å². The van der Waals surface area contributed by atoms with E-state index in [1.54, 1.807) is 30.3 Å². The zero-order valence-electron chi connectivity index (χ0n) is 16.4. The summed E-state index contributed by atoms with van der Waals surface area (Å²) >= 11 is 0. The van der Waals surface area contributed by atoms with E-state index in [4.69, 9.17) is 9.47 Å². The van der Waals surface area contributed by atoms with Gasteiger partial charge in [-0.3, -0.25) is 9.59 Å². The summed E-state index contributed by atoms with van der Waals surface area (Å²) in [6.07, 6.45) is -0.633. The van der Waals surface area contributed by atoms with E-state index in [1.807, 2.05) is 0 Å². The maximum Gasteiger partial charge on any atom is 0.374 e. The zero-order chi connectivity index (χ0) is 21.4. The van der Waals surface area contributed by atoms with E-state index in [1.165, 1.54) is 31.3 Å². The van der Waals surface area contributed by atoms with Gasteiger partial charge in [-0.25, -0.2) is 9.18 Å². The molecule has 0 heterocycles. The van der Waals surface area contributed by atoms with Crippen molar-refractivity contribution in [3.05, 3.63) is 59.4 Å². The molecule has 1 amide bonds. The molecular formula is C21H22FNO6. The lowest BCUT2D eigenvalue weighted by Crippen LogP contribution is -2.33. The van der Waals surface area contributed by atoms with Crippen LogP contribution in [-0.2, 0) is 32.2 Å². The van der Waals surface area contributed by atoms with Gasteiger partial charge >= 0.3 is 5.97 Å². The Kier molecular flexibility index (Phi) is 7.70. The second-order valence-corrected chi connectivity index (χ2v) is 6.15. The van der Waals surface area contributed by atoms with Gasteiger partial charge in [-0.2, -0.15) is 0 Å². The molecule has 2 aromatic rings. The fraction of sp³-hybridized carbons (Fsp3) is 0.286. The van der Waals surface area contributed by atoms with Crippen LogP contribution in [0.25, 0.3) is 0 Å². The number of amides is 1. The number of halogens is 1. The minimum atomic E-state index is -1.08. The van der Waals surface area contributed by atoms with E-state index in [9.17, 15) is 18.8 Å². The second-order valence-electron chi connectivity index (χ2n) is 6.15. The van der Waals surface area contributed by atoms with Gasteiger partial charge in [-0.05, 0) is 29.8 Å². The Morgan fingerprint density at radius 3 is 2.21 bits per heavy atom. The Balaban J connectivity index is 2.28. The molecule has 0 aliphatic rings. The third-order valence-corrected chi connectivity index (χ3v) is 4.22. The Labute approximate surface area is 168 Å². The van der Waals surface area contributed by atoms with Crippen LogP contribution in [0.3, 0.4) is 0 Å². The van der Waals surface area contributed by atoms with Crippen molar-refractivity contribution in [3.63, 3.8) is 0 Å².